The third kappa shape index (κ3) is 12.9. The minimum atomic E-state index is -1.07. The molecule has 0 bridgehead atoms. The van der Waals surface area contributed by atoms with Crippen molar-refractivity contribution in [2.45, 2.75) is 70.8 Å². The van der Waals surface area contributed by atoms with Crippen molar-refractivity contribution >= 4 is 29.6 Å². The standard InChI is InChI=1S/C36H45N5O7/c1-23(2)18-31(36(47)48-22-27-12-8-5-9-13-27)41-35(46)30(20-25-10-6-4-7-11-25)40-32(43)21-38-33(44)24(3)39-34(45)29(37)19-26-14-16-28(42)17-15-26/h4-17,23-24,29-31,42H,18-22,37H2,1-3H3,(H,38,44)(H,39,45)(H,40,43)(H,41,46)/t24-,29-,30?,31-/m0/s1. The molecular formula is C36H45N5O7. The lowest BCUT2D eigenvalue weighted by Crippen LogP contribution is -2.55. The molecule has 3 aromatic rings. The Morgan fingerprint density at radius 1 is 0.688 bits per heavy atom. The minimum Gasteiger partial charge on any atom is -0.508 e. The van der Waals surface area contributed by atoms with Crippen LogP contribution in [0.4, 0.5) is 0 Å². The molecule has 3 rings (SSSR count). The first-order valence-corrected chi connectivity index (χ1v) is 15.9. The average Bonchev–Trinajstić information content (AvgIpc) is 3.07. The molecule has 0 saturated heterocycles. The smallest absolute Gasteiger partial charge is 0.328 e. The molecule has 0 aliphatic carbocycles. The molecule has 7 N–H and O–H groups in total. The van der Waals surface area contributed by atoms with E-state index in [1.54, 1.807) is 24.3 Å². The van der Waals surface area contributed by atoms with Gasteiger partial charge in [-0.15, -0.1) is 0 Å². The summed E-state index contributed by atoms with van der Waals surface area (Å²) in [6.07, 6.45) is 0.644. The summed E-state index contributed by atoms with van der Waals surface area (Å²) in [5, 5.41) is 19.8. The maximum atomic E-state index is 13.5. The Labute approximate surface area is 280 Å². The largest absolute Gasteiger partial charge is 0.508 e. The Morgan fingerprint density at radius 2 is 1.27 bits per heavy atom. The van der Waals surface area contributed by atoms with Crippen LogP contribution in [0.3, 0.4) is 0 Å². The fourth-order valence-corrected chi connectivity index (χ4v) is 4.78. The van der Waals surface area contributed by atoms with E-state index in [-0.39, 0.29) is 31.1 Å². The number of phenols is 1. The van der Waals surface area contributed by atoms with Gasteiger partial charge in [-0.25, -0.2) is 4.79 Å². The Kier molecular flexibility index (Phi) is 14.6. The summed E-state index contributed by atoms with van der Waals surface area (Å²) >= 11 is 0. The molecule has 4 atom stereocenters. The maximum Gasteiger partial charge on any atom is 0.328 e. The zero-order valence-electron chi connectivity index (χ0n) is 27.5. The molecule has 0 saturated carbocycles. The summed E-state index contributed by atoms with van der Waals surface area (Å²) in [7, 11) is 0. The van der Waals surface area contributed by atoms with Gasteiger partial charge in [0.1, 0.15) is 30.5 Å². The predicted octanol–water partition coefficient (Wildman–Crippen LogP) is 1.88. The Bertz CT molecular complexity index is 1500. The first-order chi connectivity index (χ1) is 22.9. The number of hydrogen-bond donors (Lipinski definition) is 6. The van der Waals surface area contributed by atoms with E-state index in [4.69, 9.17) is 10.5 Å². The molecular weight excluding hydrogens is 614 g/mol. The molecule has 3 aromatic carbocycles. The van der Waals surface area contributed by atoms with Gasteiger partial charge in [-0.2, -0.15) is 0 Å². The number of rotatable bonds is 17. The summed E-state index contributed by atoms with van der Waals surface area (Å²) in [4.78, 5) is 64.8. The number of amides is 4. The van der Waals surface area contributed by atoms with Crippen molar-refractivity contribution in [3.05, 3.63) is 102 Å². The lowest BCUT2D eigenvalue weighted by molar-refractivity contribution is -0.149. The quantitative estimate of drug-likeness (QED) is 0.119. The molecule has 48 heavy (non-hydrogen) atoms. The van der Waals surface area contributed by atoms with E-state index < -0.39 is 60.3 Å². The van der Waals surface area contributed by atoms with Gasteiger partial charge in [-0.3, -0.25) is 19.2 Å². The van der Waals surface area contributed by atoms with Gasteiger partial charge < -0.3 is 36.8 Å². The third-order valence-corrected chi connectivity index (χ3v) is 7.37. The van der Waals surface area contributed by atoms with Crippen molar-refractivity contribution in [2.75, 3.05) is 6.54 Å². The van der Waals surface area contributed by atoms with Crippen molar-refractivity contribution in [2.24, 2.45) is 11.7 Å². The summed E-state index contributed by atoms with van der Waals surface area (Å²) in [5.74, 6) is -2.85. The van der Waals surface area contributed by atoms with Gasteiger partial charge in [0.2, 0.25) is 23.6 Å². The second kappa shape index (κ2) is 18.8. The average molecular weight is 660 g/mol. The number of nitrogens with one attached hydrogen (secondary N) is 4. The first-order valence-electron chi connectivity index (χ1n) is 15.9. The number of ether oxygens (including phenoxy) is 1. The normalized spacial score (nSPS) is 13.4. The zero-order valence-corrected chi connectivity index (χ0v) is 27.5. The van der Waals surface area contributed by atoms with Crippen LogP contribution < -0.4 is 27.0 Å². The first kappa shape index (κ1) is 37.2. The molecule has 0 aliphatic rings. The second-order valence-corrected chi connectivity index (χ2v) is 12.0. The molecule has 256 valence electrons. The van der Waals surface area contributed by atoms with Gasteiger partial charge in [0, 0.05) is 6.42 Å². The summed E-state index contributed by atoms with van der Waals surface area (Å²) < 4.78 is 5.50. The molecule has 0 fully saturated rings. The van der Waals surface area contributed by atoms with Crippen LogP contribution in [0.2, 0.25) is 0 Å². The van der Waals surface area contributed by atoms with E-state index in [1.807, 2.05) is 62.4 Å². The number of carbonyl (C=O) groups is 5. The molecule has 1 unspecified atom stereocenters. The summed E-state index contributed by atoms with van der Waals surface area (Å²) in [5.41, 5.74) is 8.30. The number of esters is 1. The Morgan fingerprint density at radius 3 is 1.88 bits per heavy atom. The molecule has 0 heterocycles. The highest BCUT2D eigenvalue weighted by atomic mass is 16.5. The number of phenolic OH excluding ortho intramolecular Hbond substituents is 1. The van der Waals surface area contributed by atoms with Crippen LogP contribution >= 0.6 is 0 Å². The highest BCUT2D eigenvalue weighted by Crippen LogP contribution is 2.12. The van der Waals surface area contributed by atoms with Crippen LogP contribution in [0.15, 0.2) is 84.9 Å². The van der Waals surface area contributed by atoms with Crippen molar-refractivity contribution in [1.82, 2.24) is 21.3 Å². The molecule has 12 heteroatoms. The van der Waals surface area contributed by atoms with Crippen LogP contribution in [-0.2, 0) is 48.2 Å². The van der Waals surface area contributed by atoms with Crippen molar-refractivity contribution in [3.8, 4) is 5.75 Å². The SMILES string of the molecule is CC(C)C[C@H](NC(=O)C(Cc1ccccc1)NC(=O)CNC(=O)[C@H](C)NC(=O)[C@@H](N)Cc1ccc(O)cc1)C(=O)OCc1ccccc1. The molecule has 4 amide bonds. The Balaban J connectivity index is 1.58. The van der Waals surface area contributed by atoms with Crippen molar-refractivity contribution < 1.29 is 33.8 Å². The van der Waals surface area contributed by atoms with Gasteiger partial charge in [-0.05, 0) is 54.5 Å². The highest BCUT2D eigenvalue weighted by molar-refractivity contribution is 5.94. The highest BCUT2D eigenvalue weighted by Gasteiger charge is 2.29. The number of hydrogen-bond acceptors (Lipinski definition) is 8. The second-order valence-electron chi connectivity index (χ2n) is 12.0. The number of nitrogens with two attached hydrogens (primary N) is 1. The van der Waals surface area contributed by atoms with Gasteiger partial charge >= 0.3 is 5.97 Å². The zero-order chi connectivity index (χ0) is 35.1. The molecule has 12 nitrogen and oxygen atoms in total. The van der Waals surface area contributed by atoms with E-state index in [2.05, 4.69) is 21.3 Å². The van der Waals surface area contributed by atoms with E-state index in [0.717, 1.165) is 16.7 Å². The summed E-state index contributed by atoms with van der Waals surface area (Å²) in [6, 6.07) is 20.6. The van der Waals surface area contributed by atoms with Gasteiger partial charge in [0.15, 0.2) is 0 Å². The monoisotopic (exact) mass is 659 g/mol. The van der Waals surface area contributed by atoms with Crippen molar-refractivity contribution in [3.63, 3.8) is 0 Å². The number of carbonyl (C=O) groups excluding carboxylic acids is 5. The maximum absolute atomic E-state index is 13.5. The minimum absolute atomic E-state index is 0.0528. The number of benzene rings is 3. The van der Waals surface area contributed by atoms with E-state index >= 15 is 0 Å². The third-order valence-electron chi connectivity index (χ3n) is 7.37. The fraction of sp³-hybridized carbons (Fsp3) is 0.361. The van der Waals surface area contributed by atoms with Crippen LogP contribution in [0, 0.1) is 5.92 Å². The van der Waals surface area contributed by atoms with Crippen molar-refractivity contribution in [1.29, 1.82) is 0 Å². The van der Waals surface area contributed by atoms with E-state index in [9.17, 15) is 29.1 Å². The summed E-state index contributed by atoms with van der Waals surface area (Å²) in [6.45, 7) is 4.88. The van der Waals surface area contributed by atoms with E-state index in [0.29, 0.717) is 6.42 Å². The van der Waals surface area contributed by atoms with Gasteiger partial charge in [0.25, 0.3) is 0 Å². The predicted molar refractivity (Wildman–Crippen MR) is 180 cm³/mol. The van der Waals surface area contributed by atoms with Gasteiger partial charge in [0.05, 0.1) is 12.6 Å². The van der Waals surface area contributed by atoms with Crippen LogP contribution in [0.5, 0.6) is 5.75 Å². The van der Waals surface area contributed by atoms with Crippen LogP contribution in [0.1, 0.15) is 43.9 Å². The van der Waals surface area contributed by atoms with Crippen LogP contribution in [-0.4, -0.2) is 65.4 Å². The molecule has 0 radical (unpaired) electrons. The van der Waals surface area contributed by atoms with Crippen LogP contribution in [0.25, 0.3) is 0 Å². The molecule has 0 spiro atoms. The lowest BCUT2D eigenvalue weighted by Gasteiger charge is -2.24. The van der Waals surface area contributed by atoms with Gasteiger partial charge in [-0.1, -0.05) is 86.6 Å². The Hall–Kier alpha value is -5.23. The lowest BCUT2D eigenvalue weighted by atomic mass is 10.0. The fourth-order valence-electron chi connectivity index (χ4n) is 4.78. The molecule has 0 aliphatic heterocycles. The topological polar surface area (TPSA) is 189 Å². The number of aromatic hydroxyl groups is 1. The molecule has 0 aromatic heterocycles. The van der Waals surface area contributed by atoms with E-state index in [1.165, 1.54) is 19.1 Å².